The van der Waals surface area contributed by atoms with E-state index in [2.05, 4.69) is 4.98 Å². The zero-order valence-electron chi connectivity index (χ0n) is 12.3. The molecule has 0 saturated carbocycles. The largest absolute Gasteiger partial charge is 0.495 e. The monoisotopic (exact) mass is 306 g/mol. The normalized spacial score (nSPS) is 16.9. The minimum absolute atomic E-state index is 0.313. The smallest absolute Gasteiger partial charge is 0.407 e. The number of rotatable bonds is 4. The standard InChI is InChI=1S/C14H18N4O4/c1-22-13-6-11(16-8-10(13)7-15)12(19)9-17-2-4-18(5-3-17)14(20)21/h6,8,12,19H,2-5,9H2,1H3,(H,20,21). The maximum Gasteiger partial charge on any atom is 0.407 e. The van der Waals surface area contributed by atoms with Crippen molar-refractivity contribution in [3.63, 3.8) is 0 Å². The third-order valence-corrected chi connectivity index (χ3v) is 3.64. The minimum Gasteiger partial charge on any atom is -0.495 e. The summed E-state index contributed by atoms with van der Waals surface area (Å²) in [6.45, 7) is 2.33. The highest BCUT2D eigenvalue weighted by atomic mass is 16.5. The molecule has 1 aromatic rings. The lowest BCUT2D eigenvalue weighted by Gasteiger charge is -2.34. The van der Waals surface area contributed by atoms with Crippen LogP contribution in [0.1, 0.15) is 17.4 Å². The molecule has 2 heterocycles. The third kappa shape index (κ3) is 3.63. The van der Waals surface area contributed by atoms with Crippen LogP contribution in [-0.4, -0.2) is 70.9 Å². The van der Waals surface area contributed by atoms with Crippen molar-refractivity contribution in [3.8, 4) is 11.8 Å². The van der Waals surface area contributed by atoms with E-state index in [1.807, 2.05) is 11.0 Å². The van der Waals surface area contributed by atoms with Gasteiger partial charge in [-0.1, -0.05) is 0 Å². The number of hydrogen-bond acceptors (Lipinski definition) is 6. The number of piperazine rings is 1. The second-order valence-electron chi connectivity index (χ2n) is 5.01. The molecule has 8 nitrogen and oxygen atoms in total. The molecule has 2 rings (SSSR count). The first-order valence-electron chi connectivity index (χ1n) is 6.87. The van der Waals surface area contributed by atoms with Crippen molar-refractivity contribution >= 4 is 6.09 Å². The van der Waals surface area contributed by atoms with Gasteiger partial charge >= 0.3 is 6.09 Å². The van der Waals surface area contributed by atoms with Gasteiger partial charge in [0, 0.05) is 45.0 Å². The Morgan fingerprint density at radius 2 is 2.18 bits per heavy atom. The first-order chi connectivity index (χ1) is 10.5. The summed E-state index contributed by atoms with van der Waals surface area (Å²) < 4.78 is 5.10. The molecular weight excluding hydrogens is 288 g/mol. The van der Waals surface area contributed by atoms with Gasteiger partial charge in [0.2, 0.25) is 0 Å². The molecule has 22 heavy (non-hydrogen) atoms. The van der Waals surface area contributed by atoms with E-state index in [4.69, 9.17) is 15.1 Å². The average Bonchev–Trinajstić information content (AvgIpc) is 2.54. The number of β-amino-alcohol motifs (C(OH)–C–C–N with tert-alkyl or cyclic N) is 1. The molecule has 0 aromatic carbocycles. The molecule has 0 spiro atoms. The van der Waals surface area contributed by atoms with Crippen molar-refractivity contribution in [2.75, 3.05) is 39.8 Å². The van der Waals surface area contributed by atoms with Crippen LogP contribution in [0.25, 0.3) is 0 Å². The molecule has 1 atom stereocenters. The molecule has 8 heteroatoms. The Morgan fingerprint density at radius 3 is 2.73 bits per heavy atom. The van der Waals surface area contributed by atoms with Gasteiger partial charge in [-0.25, -0.2) is 4.79 Å². The molecule has 1 amide bonds. The molecule has 1 fully saturated rings. The van der Waals surface area contributed by atoms with E-state index in [1.165, 1.54) is 18.2 Å². The van der Waals surface area contributed by atoms with Crippen LogP contribution in [0.4, 0.5) is 4.79 Å². The molecule has 1 unspecified atom stereocenters. The molecule has 1 aliphatic rings. The molecule has 1 aromatic heterocycles. The highest BCUT2D eigenvalue weighted by Crippen LogP contribution is 2.22. The summed E-state index contributed by atoms with van der Waals surface area (Å²) in [5.74, 6) is 0.377. The van der Waals surface area contributed by atoms with Crippen molar-refractivity contribution in [1.82, 2.24) is 14.8 Å². The van der Waals surface area contributed by atoms with Gasteiger partial charge in [-0.15, -0.1) is 0 Å². The van der Waals surface area contributed by atoms with Crippen LogP contribution in [0.15, 0.2) is 12.3 Å². The van der Waals surface area contributed by atoms with Crippen LogP contribution in [0.3, 0.4) is 0 Å². The average molecular weight is 306 g/mol. The molecule has 1 saturated heterocycles. The highest BCUT2D eigenvalue weighted by molar-refractivity contribution is 5.65. The van der Waals surface area contributed by atoms with Crippen LogP contribution < -0.4 is 4.74 Å². The van der Waals surface area contributed by atoms with Gasteiger partial charge in [-0.2, -0.15) is 5.26 Å². The number of nitriles is 1. The fourth-order valence-electron chi connectivity index (χ4n) is 2.35. The number of hydrogen-bond donors (Lipinski definition) is 2. The van der Waals surface area contributed by atoms with Crippen LogP contribution in [-0.2, 0) is 0 Å². The topological polar surface area (TPSA) is 110 Å². The van der Waals surface area contributed by atoms with Gasteiger partial charge in [0.1, 0.15) is 23.5 Å². The first kappa shape index (κ1) is 16.0. The van der Waals surface area contributed by atoms with Crippen molar-refractivity contribution in [3.05, 3.63) is 23.5 Å². The molecule has 0 aliphatic carbocycles. The number of ether oxygens (including phenoxy) is 1. The summed E-state index contributed by atoms with van der Waals surface area (Å²) in [4.78, 5) is 18.3. The predicted octanol–water partition coefficient (Wildman–Crippen LogP) is 0.291. The summed E-state index contributed by atoms with van der Waals surface area (Å²) >= 11 is 0. The Morgan fingerprint density at radius 1 is 1.50 bits per heavy atom. The van der Waals surface area contributed by atoms with Crippen molar-refractivity contribution in [1.29, 1.82) is 5.26 Å². The summed E-state index contributed by atoms with van der Waals surface area (Å²) in [5, 5.41) is 28.1. The van der Waals surface area contributed by atoms with Crippen LogP contribution in [0.2, 0.25) is 0 Å². The lowest BCUT2D eigenvalue weighted by Crippen LogP contribution is -2.49. The van der Waals surface area contributed by atoms with Gasteiger partial charge < -0.3 is 19.8 Å². The van der Waals surface area contributed by atoms with Crippen LogP contribution in [0, 0.1) is 11.3 Å². The van der Waals surface area contributed by atoms with Crippen molar-refractivity contribution in [2.45, 2.75) is 6.10 Å². The van der Waals surface area contributed by atoms with Crippen LogP contribution in [0.5, 0.6) is 5.75 Å². The zero-order valence-corrected chi connectivity index (χ0v) is 12.3. The summed E-state index contributed by atoms with van der Waals surface area (Å²) in [5.41, 5.74) is 0.741. The van der Waals surface area contributed by atoms with E-state index >= 15 is 0 Å². The number of amides is 1. The quantitative estimate of drug-likeness (QED) is 0.822. The number of carbonyl (C=O) groups is 1. The van der Waals surface area contributed by atoms with E-state index < -0.39 is 12.2 Å². The van der Waals surface area contributed by atoms with Crippen LogP contribution >= 0.6 is 0 Å². The molecule has 0 bridgehead atoms. The first-order valence-corrected chi connectivity index (χ1v) is 6.87. The van der Waals surface area contributed by atoms with E-state index in [0.29, 0.717) is 49.7 Å². The second kappa shape index (κ2) is 7.06. The molecular formula is C14H18N4O4. The lowest BCUT2D eigenvalue weighted by atomic mass is 10.1. The third-order valence-electron chi connectivity index (χ3n) is 3.64. The summed E-state index contributed by atoms with van der Waals surface area (Å²) in [6, 6.07) is 3.52. The number of aromatic nitrogens is 1. The Balaban J connectivity index is 1.97. The van der Waals surface area contributed by atoms with Crippen molar-refractivity contribution in [2.24, 2.45) is 0 Å². The maximum absolute atomic E-state index is 10.8. The van der Waals surface area contributed by atoms with E-state index in [-0.39, 0.29) is 0 Å². The molecule has 0 radical (unpaired) electrons. The highest BCUT2D eigenvalue weighted by Gasteiger charge is 2.23. The van der Waals surface area contributed by atoms with E-state index in [1.54, 1.807) is 6.07 Å². The molecule has 2 N–H and O–H groups in total. The summed E-state index contributed by atoms with van der Waals surface area (Å²) in [7, 11) is 1.46. The SMILES string of the molecule is COc1cc(C(O)CN2CCN(C(=O)O)CC2)ncc1C#N. The number of aliphatic hydroxyl groups excluding tert-OH is 1. The van der Waals surface area contributed by atoms with Gasteiger partial charge in [-0.05, 0) is 0 Å². The fourth-order valence-corrected chi connectivity index (χ4v) is 2.35. The zero-order chi connectivity index (χ0) is 16.1. The van der Waals surface area contributed by atoms with E-state index in [9.17, 15) is 9.90 Å². The Labute approximate surface area is 128 Å². The number of pyridine rings is 1. The second-order valence-corrected chi connectivity index (χ2v) is 5.01. The van der Waals surface area contributed by atoms with Gasteiger partial charge in [-0.3, -0.25) is 9.88 Å². The van der Waals surface area contributed by atoms with Gasteiger partial charge in [0.25, 0.3) is 0 Å². The minimum atomic E-state index is -0.918. The number of methoxy groups -OCH3 is 1. The maximum atomic E-state index is 10.8. The fraction of sp³-hybridized carbons (Fsp3) is 0.500. The van der Waals surface area contributed by atoms with Crippen molar-refractivity contribution < 1.29 is 19.7 Å². The molecule has 118 valence electrons. The van der Waals surface area contributed by atoms with E-state index in [0.717, 1.165) is 0 Å². The van der Waals surface area contributed by atoms with Gasteiger partial charge in [0.15, 0.2) is 0 Å². The Bertz CT molecular complexity index is 579. The summed E-state index contributed by atoms with van der Waals surface area (Å²) in [6.07, 6.45) is -0.364. The Hall–Kier alpha value is -2.37. The predicted molar refractivity (Wildman–Crippen MR) is 76.5 cm³/mol. The number of aliphatic hydroxyl groups is 1. The lowest BCUT2D eigenvalue weighted by molar-refractivity contribution is 0.0679. The Kier molecular flexibility index (Phi) is 5.14. The molecule has 1 aliphatic heterocycles. The van der Waals surface area contributed by atoms with Gasteiger partial charge in [0.05, 0.1) is 12.8 Å². The number of carboxylic acid groups (broad SMARTS) is 1. The number of nitrogens with zero attached hydrogens (tertiary/aromatic N) is 4.